The van der Waals surface area contributed by atoms with Crippen LogP contribution in [0.1, 0.15) is 134 Å². The van der Waals surface area contributed by atoms with Crippen molar-refractivity contribution < 1.29 is 62.3 Å². The van der Waals surface area contributed by atoms with Crippen LogP contribution in [0.2, 0.25) is 0 Å². The van der Waals surface area contributed by atoms with Gasteiger partial charge in [0.1, 0.15) is 39.9 Å². The third kappa shape index (κ3) is 20.4. The normalized spacial score (nSPS) is 11.0. The van der Waals surface area contributed by atoms with Crippen LogP contribution in [-0.4, -0.2) is 180 Å². The van der Waals surface area contributed by atoms with Crippen LogP contribution in [0.15, 0.2) is 98.2 Å². The van der Waals surface area contributed by atoms with E-state index >= 15 is 0 Å². The molecule has 0 spiro atoms. The second-order valence-corrected chi connectivity index (χ2v) is 25.6. The molecule has 0 saturated heterocycles. The number of hydrogen-bond donors (Lipinski definition) is 13. The average molecular weight is 1470 g/mol. The van der Waals surface area contributed by atoms with Crippen LogP contribution >= 0.6 is 0 Å². The number of anilines is 9. The van der Waals surface area contributed by atoms with Crippen molar-refractivity contribution in [3.05, 3.63) is 150 Å². The summed E-state index contributed by atoms with van der Waals surface area (Å²) >= 11 is 0. The smallest absolute Gasteiger partial charge is 0.291 e. The molecule has 0 fully saturated rings. The van der Waals surface area contributed by atoms with Gasteiger partial charge in [-0.25, -0.2) is 9.97 Å². The average Bonchev–Trinajstić information content (AvgIpc) is 1.70. The lowest BCUT2D eigenvalue weighted by atomic mass is 10.3. The summed E-state index contributed by atoms with van der Waals surface area (Å²) in [6.45, 7) is 2.88. The Morgan fingerprint density at radius 2 is 0.589 bits per heavy atom. The Labute approximate surface area is 612 Å². The van der Waals surface area contributed by atoms with E-state index in [0.29, 0.717) is 29.3 Å². The van der Waals surface area contributed by atoms with Crippen LogP contribution in [0.3, 0.4) is 0 Å². The van der Waals surface area contributed by atoms with Crippen molar-refractivity contribution in [3.8, 4) is 0 Å². The van der Waals surface area contributed by atoms with E-state index in [1.165, 1.54) is 123 Å². The molecule has 9 aromatic rings. The van der Waals surface area contributed by atoms with Crippen LogP contribution in [0.5, 0.6) is 0 Å². The van der Waals surface area contributed by atoms with Crippen molar-refractivity contribution >= 4 is 128 Å². The lowest BCUT2D eigenvalue weighted by Crippen LogP contribution is -2.32. The second-order valence-electron chi connectivity index (χ2n) is 25.6. The van der Waals surface area contributed by atoms with Gasteiger partial charge in [-0.3, -0.25) is 62.3 Å². The maximum absolute atomic E-state index is 13.6. The first kappa shape index (κ1) is 77.6. The maximum atomic E-state index is 13.6. The Morgan fingerprint density at radius 3 is 0.953 bits per heavy atom. The molecule has 9 heterocycles. The zero-order valence-electron chi connectivity index (χ0n) is 61.0. The molecule has 13 amide bonds. The van der Waals surface area contributed by atoms with Crippen molar-refractivity contribution in [1.29, 1.82) is 0 Å². The lowest BCUT2D eigenvalue weighted by Gasteiger charge is -2.10. The number of carbonyl (C=O) groups excluding carboxylic acids is 13. The number of nitrogens with one attached hydrogen (secondary N) is 13. The molecular formula is C69H85N25O13. The number of carbonyl (C=O) groups is 13. The molecule has 9 rings (SSSR count). The first-order valence-electron chi connectivity index (χ1n) is 33.5. The quantitative estimate of drug-likeness (QED) is 0.0269. The second kappa shape index (κ2) is 34.2. The Hall–Kier alpha value is -13.6. The van der Waals surface area contributed by atoms with Crippen LogP contribution in [0, 0.1) is 0 Å². The van der Waals surface area contributed by atoms with Crippen LogP contribution in [0.4, 0.5) is 51.4 Å². The number of imidazole rings is 2. The molecule has 0 aromatic carbocycles. The number of amides is 13. The fraction of sp³-hybridized carbons (Fsp3) is 0.319. The van der Waals surface area contributed by atoms with Gasteiger partial charge in [0.05, 0.1) is 39.8 Å². The molecule has 0 radical (unpaired) electrons. The Balaban J connectivity index is 0.663. The van der Waals surface area contributed by atoms with Gasteiger partial charge >= 0.3 is 0 Å². The largest absolute Gasteiger partial charge is 0.356 e. The lowest BCUT2D eigenvalue weighted by molar-refractivity contribution is -0.121. The predicted octanol–water partition coefficient (Wildman–Crippen LogP) is 3.09. The molecule has 0 aliphatic rings. The van der Waals surface area contributed by atoms with E-state index in [1.807, 2.05) is 19.0 Å². The maximum Gasteiger partial charge on any atom is 0.291 e. The SMILES string of the molecule is CC(=O)Nc1cc(C(=O)Nc2cn(C)c(C(=O)Nc3cc(C(=O)NCCCC(=O)Nc4cn(C)c(C(=O)Nc5cc(C(=O)Nc6cc(C(=O)NCCC(=O)Nc7cc(C(=O)Nc8cc(C(=O)Nc9cc(C(=O)NCCC(=O)NCCCN(C)C)n(C)c9)n(C)c8)n(C)c7)n(C)c6)n(C)c5)n4)n(C)c3)n2)n(C)c1. The van der Waals surface area contributed by atoms with E-state index in [1.54, 1.807) is 86.6 Å². The Kier molecular flexibility index (Phi) is 24.8. The third-order valence-electron chi connectivity index (χ3n) is 16.5. The molecule has 564 valence electrons. The van der Waals surface area contributed by atoms with Crippen LogP contribution in [0.25, 0.3) is 0 Å². The molecule has 9 aromatic heterocycles. The fourth-order valence-corrected chi connectivity index (χ4v) is 11.3. The summed E-state index contributed by atoms with van der Waals surface area (Å²) in [5.74, 6) is -6.16. The minimum absolute atomic E-state index is 0.0251. The molecule has 0 aliphatic carbocycles. The monoisotopic (exact) mass is 1470 g/mol. The van der Waals surface area contributed by atoms with Crippen molar-refractivity contribution in [2.45, 2.75) is 39.0 Å². The summed E-state index contributed by atoms with van der Waals surface area (Å²) in [4.78, 5) is 180. The molecule has 38 heteroatoms. The molecular weight excluding hydrogens is 1390 g/mol. The standard InChI is InChI=1S/C69H85N25O13/c1-39(95)74-40-23-53(89(7)30-40)67(105)84-55-38-94(12)60(83-55)69(107)79-45-27-47(88(6)35-45)61(99)71-18-13-15-57(97)81-54-37-93(11)59(82-54)68(106)80-46-29-52(92(10)36-46)66(104)77-43-26-49(87(5)33-43)63(101)73-21-17-58(98)75-41-24-50(90(8)31-41)64(102)78-44-28-51(91(9)34-44)65(103)76-42-25-48(86(4)32-42)62(100)72-20-16-56(96)70-19-14-22-85(2)3/h23-38H,13-22H2,1-12H3,(H,70,96)(H,71,99)(H,72,100)(H,73,101)(H,74,95)(H,75,98)(H,76,103)(H,77,104)(H,78,102)(H,79,107)(H,80,106)(H,81,97)(H,84,105). The van der Waals surface area contributed by atoms with Gasteiger partial charge in [-0.1, -0.05) is 0 Å². The highest BCUT2D eigenvalue weighted by atomic mass is 16.2. The van der Waals surface area contributed by atoms with Gasteiger partial charge in [0.15, 0.2) is 11.6 Å². The van der Waals surface area contributed by atoms with Gasteiger partial charge in [0, 0.05) is 172 Å². The number of rotatable bonds is 32. The first-order valence-corrected chi connectivity index (χ1v) is 33.5. The summed E-state index contributed by atoms with van der Waals surface area (Å²) < 4.78 is 13.4. The minimum atomic E-state index is -0.654. The summed E-state index contributed by atoms with van der Waals surface area (Å²) in [6, 6.07) is 10.3. The summed E-state index contributed by atoms with van der Waals surface area (Å²) in [7, 11) is 18.4. The van der Waals surface area contributed by atoms with Crippen LogP contribution < -0.4 is 69.1 Å². The molecule has 0 aliphatic heterocycles. The van der Waals surface area contributed by atoms with Crippen molar-refractivity contribution in [2.75, 3.05) is 94.7 Å². The molecule has 13 N–H and O–H groups in total. The van der Waals surface area contributed by atoms with Crippen molar-refractivity contribution in [1.82, 2.24) is 77.2 Å². The number of aryl methyl sites for hydroxylation is 9. The highest BCUT2D eigenvalue weighted by Crippen LogP contribution is 2.24. The topological polar surface area (TPSA) is 452 Å². The third-order valence-corrected chi connectivity index (χ3v) is 16.5. The summed E-state index contributed by atoms with van der Waals surface area (Å²) in [5.41, 5.74) is 3.57. The molecule has 0 saturated carbocycles. The molecule has 38 nitrogen and oxygen atoms in total. The van der Waals surface area contributed by atoms with Crippen molar-refractivity contribution in [3.63, 3.8) is 0 Å². The molecule has 0 bridgehead atoms. The van der Waals surface area contributed by atoms with Gasteiger partial charge in [-0.15, -0.1) is 0 Å². The minimum Gasteiger partial charge on any atom is -0.356 e. The van der Waals surface area contributed by atoms with E-state index in [2.05, 4.69) is 79.1 Å². The molecule has 107 heavy (non-hydrogen) atoms. The van der Waals surface area contributed by atoms with Crippen molar-refractivity contribution in [2.24, 2.45) is 63.4 Å². The van der Waals surface area contributed by atoms with Gasteiger partial charge in [0.2, 0.25) is 35.3 Å². The molecule has 0 atom stereocenters. The molecule has 0 unspecified atom stereocenters. The number of nitrogens with zero attached hydrogens (tertiary/aromatic N) is 12. The van der Waals surface area contributed by atoms with E-state index in [9.17, 15) is 62.3 Å². The van der Waals surface area contributed by atoms with Gasteiger partial charge in [-0.05, 0) is 75.9 Å². The number of hydrogen-bond acceptors (Lipinski definition) is 16. The summed E-state index contributed by atoms with van der Waals surface area (Å²) in [6.07, 6.45) is 14.7. The number of aromatic nitrogens is 11. The highest BCUT2D eigenvalue weighted by Gasteiger charge is 2.25. The highest BCUT2D eigenvalue weighted by molar-refractivity contribution is 6.10. The van der Waals surface area contributed by atoms with Gasteiger partial charge < -0.3 is 115 Å². The Bertz CT molecular complexity index is 4940. The van der Waals surface area contributed by atoms with Gasteiger partial charge in [-0.2, -0.15) is 0 Å². The van der Waals surface area contributed by atoms with E-state index in [4.69, 9.17) is 0 Å². The van der Waals surface area contributed by atoms with Gasteiger partial charge in [0.25, 0.3) is 53.2 Å². The zero-order valence-corrected chi connectivity index (χ0v) is 61.0. The first-order chi connectivity index (χ1) is 50.7. The predicted molar refractivity (Wildman–Crippen MR) is 395 cm³/mol. The summed E-state index contributed by atoms with van der Waals surface area (Å²) in [5, 5.41) is 35.3. The van der Waals surface area contributed by atoms with E-state index in [0.717, 1.165) is 13.0 Å². The van der Waals surface area contributed by atoms with Crippen LogP contribution in [-0.2, 0) is 82.6 Å². The van der Waals surface area contributed by atoms with E-state index < -0.39 is 65.0 Å². The fourth-order valence-electron chi connectivity index (χ4n) is 11.3. The zero-order chi connectivity index (χ0) is 77.7. The Morgan fingerprint density at radius 1 is 0.299 bits per heavy atom. The van der Waals surface area contributed by atoms with E-state index in [-0.39, 0.29) is 137 Å².